The highest BCUT2D eigenvalue weighted by Gasteiger charge is 2.29. The lowest BCUT2D eigenvalue weighted by atomic mass is 9.94. The summed E-state index contributed by atoms with van der Waals surface area (Å²) < 4.78 is 0. The third kappa shape index (κ3) is 5.17. The van der Waals surface area contributed by atoms with E-state index in [0.29, 0.717) is 0 Å². The molecule has 2 N–H and O–H groups in total. The highest BCUT2D eigenvalue weighted by molar-refractivity contribution is 5.95. The normalized spacial score (nSPS) is 16.5. The molecule has 0 radical (unpaired) electrons. The van der Waals surface area contributed by atoms with E-state index in [1.54, 1.807) is 0 Å². The Morgan fingerprint density at radius 2 is 1.63 bits per heavy atom. The van der Waals surface area contributed by atoms with Gasteiger partial charge in [-0.3, -0.25) is 14.5 Å². The van der Waals surface area contributed by atoms with Gasteiger partial charge in [0.1, 0.15) is 0 Å². The number of aryl methyl sites for hydroxylation is 1. The smallest absolute Gasteiger partial charge is 0.241 e. The zero-order chi connectivity index (χ0) is 19.2. The van der Waals surface area contributed by atoms with E-state index in [0.717, 1.165) is 42.9 Å². The monoisotopic (exact) mass is 365 g/mol. The number of piperidine rings is 1. The highest BCUT2D eigenvalue weighted by Crippen LogP contribution is 2.21. The van der Waals surface area contributed by atoms with Gasteiger partial charge in [-0.15, -0.1) is 0 Å². The molecule has 1 aliphatic heterocycles. The first kappa shape index (κ1) is 19.1. The zero-order valence-corrected chi connectivity index (χ0v) is 15.9. The summed E-state index contributed by atoms with van der Waals surface area (Å²) in [4.78, 5) is 27.1. The van der Waals surface area contributed by atoms with Crippen LogP contribution in [-0.2, 0) is 9.59 Å². The molecule has 27 heavy (non-hydrogen) atoms. The lowest BCUT2D eigenvalue weighted by molar-refractivity contribution is -0.123. The van der Waals surface area contributed by atoms with Gasteiger partial charge in [0.15, 0.2) is 0 Å². The van der Waals surface area contributed by atoms with Crippen molar-refractivity contribution in [2.75, 3.05) is 23.7 Å². The molecule has 0 saturated carbocycles. The molecule has 2 amide bonds. The number of hydrogen-bond acceptors (Lipinski definition) is 3. The molecule has 3 rings (SSSR count). The molecule has 2 aromatic carbocycles. The second-order valence-corrected chi connectivity index (χ2v) is 7.20. The molecule has 1 fully saturated rings. The summed E-state index contributed by atoms with van der Waals surface area (Å²) >= 11 is 0. The molecule has 0 spiro atoms. The van der Waals surface area contributed by atoms with E-state index in [4.69, 9.17) is 0 Å². The number of carbonyl (C=O) groups excluding carboxylic acids is 2. The number of para-hydroxylation sites is 1. The van der Waals surface area contributed by atoms with Crippen molar-refractivity contribution in [3.05, 3.63) is 60.2 Å². The highest BCUT2D eigenvalue weighted by atomic mass is 16.2. The first-order chi connectivity index (χ1) is 13.0. The molecule has 0 aromatic heterocycles. The topological polar surface area (TPSA) is 61.4 Å². The Morgan fingerprint density at radius 1 is 0.963 bits per heavy atom. The number of nitrogens with zero attached hydrogens (tertiary/aromatic N) is 1. The fourth-order valence-electron chi connectivity index (χ4n) is 3.45. The first-order valence-electron chi connectivity index (χ1n) is 9.50. The Morgan fingerprint density at radius 3 is 2.30 bits per heavy atom. The molecular formula is C22H27N3O2. The first-order valence-corrected chi connectivity index (χ1v) is 9.50. The van der Waals surface area contributed by atoms with Crippen molar-refractivity contribution in [2.45, 2.75) is 32.7 Å². The molecule has 0 aliphatic carbocycles. The van der Waals surface area contributed by atoms with Gasteiger partial charge in [-0.1, -0.05) is 30.3 Å². The van der Waals surface area contributed by atoms with Gasteiger partial charge >= 0.3 is 0 Å². The van der Waals surface area contributed by atoms with Crippen LogP contribution in [0.2, 0.25) is 0 Å². The van der Waals surface area contributed by atoms with Crippen LogP contribution in [-0.4, -0.2) is 35.8 Å². The van der Waals surface area contributed by atoms with E-state index >= 15 is 0 Å². The molecule has 5 heteroatoms. The lowest BCUT2D eigenvalue weighted by Gasteiger charge is -2.34. The van der Waals surface area contributed by atoms with Gasteiger partial charge in [-0.05, 0) is 69.6 Å². The van der Waals surface area contributed by atoms with Gasteiger partial charge in [-0.2, -0.15) is 0 Å². The number of likely N-dealkylation sites (tertiary alicyclic amines) is 1. The van der Waals surface area contributed by atoms with Crippen LogP contribution in [0.4, 0.5) is 11.4 Å². The average Bonchev–Trinajstić information content (AvgIpc) is 2.68. The minimum Gasteiger partial charge on any atom is -0.326 e. The molecular weight excluding hydrogens is 338 g/mol. The molecule has 1 atom stereocenters. The van der Waals surface area contributed by atoms with Crippen LogP contribution in [0, 0.1) is 12.8 Å². The van der Waals surface area contributed by atoms with E-state index in [2.05, 4.69) is 15.5 Å². The summed E-state index contributed by atoms with van der Waals surface area (Å²) in [6.45, 7) is 5.42. The number of carbonyl (C=O) groups is 2. The van der Waals surface area contributed by atoms with Crippen molar-refractivity contribution in [3.63, 3.8) is 0 Å². The third-order valence-electron chi connectivity index (χ3n) is 5.15. The summed E-state index contributed by atoms with van der Waals surface area (Å²) in [5.74, 6) is 0.0546. The Balaban J connectivity index is 1.49. The number of amides is 2. The SMILES string of the molecule is Cc1cccc(NC(=O)[C@H](C)N2CCC(C(=O)Nc3ccccc3)CC2)c1. The molecule has 1 aliphatic rings. The number of benzene rings is 2. The standard InChI is InChI=1S/C22H27N3O2/c1-16-7-6-10-20(15-16)24-21(26)17(2)25-13-11-18(12-14-25)22(27)23-19-8-4-3-5-9-19/h3-10,15,17-18H,11-14H2,1-2H3,(H,23,27)(H,24,26)/t17-/m0/s1. The van der Waals surface area contributed by atoms with Crippen molar-refractivity contribution in [3.8, 4) is 0 Å². The molecule has 1 saturated heterocycles. The van der Waals surface area contributed by atoms with Crippen LogP contribution >= 0.6 is 0 Å². The van der Waals surface area contributed by atoms with E-state index in [-0.39, 0.29) is 23.8 Å². The molecule has 142 valence electrons. The number of rotatable bonds is 5. The van der Waals surface area contributed by atoms with E-state index in [1.165, 1.54) is 0 Å². The van der Waals surface area contributed by atoms with E-state index < -0.39 is 0 Å². The van der Waals surface area contributed by atoms with Crippen molar-refractivity contribution >= 4 is 23.2 Å². The van der Waals surface area contributed by atoms with Crippen LogP contribution in [0.15, 0.2) is 54.6 Å². The number of nitrogens with one attached hydrogen (secondary N) is 2. The van der Waals surface area contributed by atoms with Crippen LogP contribution in [0.25, 0.3) is 0 Å². The van der Waals surface area contributed by atoms with Crippen molar-refractivity contribution < 1.29 is 9.59 Å². The van der Waals surface area contributed by atoms with Crippen LogP contribution in [0.3, 0.4) is 0 Å². The fraction of sp³-hybridized carbons (Fsp3) is 0.364. The quantitative estimate of drug-likeness (QED) is 0.850. The minimum atomic E-state index is -0.219. The minimum absolute atomic E-state index is 0.00603. The van der Waals surface area contributed by atoms with Gasteiger partial charge in [0.05, 0.1) is 6.04 Å². The number of hydrogen-bond donors (Lipinski definition) is 2. The molecule has 1 heterocycles. The Bertz CT molecular complexity index is 783. The fourth-order valence-corrected chi connectivity index (χ4v) is 3.45. The van der Waals surface area contributed by atoms with Crippen molar-refractivity contribution in [1.29, 1.82) is 0 Å². The predicted octanol–water partition coefficient (Wildman–Crippen LogP) is 3.67. The summed E-state index contributed by atoms with van der Waals surface area (Å²) in [5, 5.41) is 5.97. The Labute approximate surface area is 160 Å². The second kappa shape index (κ2) is 8.82. The second-order valence-electron chi connectivity index (χ2n) is 7.20. The Hall–Kier alpha value is -2.66. The Kier molecular flexibility index (Phi) is 6.24. The van der Waals surface area contributed by atoms with Crippen LogP contribution < -0.4 is 10.6 Å². The third-order valence-corrected chi connectivity index (χ3v) is 5.15. The summed E-state index contributed by atoms with van der Waals surface area (Å²) in [6.07, 6.45) is 1.53. The van der Waals surface area contributed by atoms with Gasteiger partial charge in [-0.25, -0.2) is 0 Å². The molecule has 2 aromatic rings. The van der Waals surface area contributed by atoms with E-state index in [9.17, 15) is 9.59 Å². The van der Waals surface area contributed by atoms with Crippen LogP contribution in [0.1, 0.15) is 25.3 Å². The lowest BCUT2D eigenvalue weighted by Crippen LogP contribution is -2.47. The zero-order valence-electron chi connectivity index (χ0n) is 15.9. The van der Waals surface area contributed by atoms with Gasteiger partial charge in [0, 0.05) is 17.3 Å². The average molecular weight is 365 g/mol. The maximum atomic E-state index is 12.5. The van der Waals surface area contributed by atoms with Gasteiger partial charge in [0.2, 0.25) is 11.8 Å². The number of anilines is 2. The summed E-state index contributed by atoms with van der Waals surface area (Å²) in [6, 6.07) is 17.1. The predicted molar refractivity (Wildman–Crippen MR) is 109 cm³/mol. The van der Waals surface area contributed by atoms with Gasteiger partial charge < -0.3 is 10.6 Å². The largest absolute Gasteiger partial charge is 0.326 e. The van der Waals surface area contributed by atoms with Crippen LogP contribution in [0.5, 0.6) is 0 Å². The molecule has 0 bridgehead atoms. The van der Waals surface area contributed by atoms with Gasteiger partial charge in [0.25, 0.3) is 0 Å². The maximum Gasteiger partial charge on any atom is 0.241 e. The van der Waals surface area contributed by atoms with Crippen molar-refractivity contribution in [1.82, 2.24) is 4.90 Å². The summed E-state index contributed by atoms with van der Waals surface area (Å²) in [5.41, 5.74) is 2.77. The molecule has 0 unspecified atom stereocenters. The summed E-state index contributed by atoms with van der Waals surface area (Å²) in [7, 11) is 0. The maximum absolute atomic E-state index is 12.5. The van der Waals surface area contributed by atoms with E-state index in [1.807, 2.05) is 68.4 Å². The molecule has 5 nitrogen and oxygen atoms in total. The van der Waals surface area contributed by atoms with Crippen molar-refractivity contribution in [2.24, 2.45) is 5.92 Å².